The molecule has 0 spiro atoms. The number of aryl methyl sites for hydroxylation is 2. The van der Waals surface area contributed by atoms with Crippen molar-refractivity contribution in [3.05, 3.63) is 71.0 Å². The Bertz CT molecular complexity index is 1190. The van der Waals surface area contributed by atoms with Crippen molar-refractivity contribution in [3.63, 3.8) is 0 Å². The monoisotopic (exact) mass is 461 g/mol. The van der Waals surface area contributed by atoms with Gasteiger partial charge in [-0.25, -0.2) is 0 Å². The van der Waals surface area contributed by atoms with Crippen molar-refractivity contribution in [2.75, 3.05) is 38.1 Å². The fourth-order valence-corrected chi connectivity index (χ4v) is 4.77. The summed E-state index contributed by atoms with van der Waals surface area (Å²) < 4.78 is 7.55. The summed E-state index contributed by atoms with van der Waals surface area (Å²) in [5, 5.41) is 18.3. The molecular formula is C26H31N5O3. The first kappa shape index (κ1) is 22.4. The Morgan fingerprint density at radius 1 is 1.12 bits per heavy atom. The zero-order chi connectivity index (χ0) is 23.7. The minimum Gasteiger partial charge on any atom is -0.491 e. The van der Waals surface area contributed by atoms with Crippen molar-refractivity contribution in [1.82, 2.24) is 19.6 Å². The summed E-state index contributed by atoms with van der Waals surface area (Å²) in [6.45, 7) is 5.52. The average molecular weight is 462 g/mol. The Balaban J connectivity index is 1.24. The van der Waals surface area contributed by atoms with Gasteiger partial charge in [-0.05, 0) is 42.7 Å². The molecule has 2 N–H and O–H groups in total. The van der Waals surface area contributed by atoms with Gasteiger partial charge in [0.25, 0.3) is 5.91 Å². The van der Waals surface area contributed by atoms with Crippen LogP contribution in [0.25, 0.3) is 0 Å². The molecule has 1 aromatic heterocycles. The number of aliphatic hydroxyl groups is 1. The van der Waals surface area contributed by atoms with Gasteiger partial charge in [0.15, 0.2) is 0 Å². The summed E-state index contributed by atoms with van der Waals surface area (Å²) in [6.07, 6.45) is 3.95. The third kappa shape index (κ3) is 4.93. The normalized spacial score (nSPS) is 16.9. The molecule has 0 radical (unpaired) electrons. The minimum absolute atomic E-state index is 0.124. The highest BCUT2D eigenvalue weighted by molar-refractivity contribution is 5.98. The third-order valence-corrected chi connectivity index (χ3v) is 6.46. The molecule has 2 aliphatic heterocycles. The van der Waals surface area contributed by atoms with E-state index in [0.29, 0.717) is 31.0 Å². The molecule has 0 fully saturated rings. The standard InChI is InChI=1S/C26H31N5O3/c1-18-3-4-20-14-30(8-7-19(20)11-18)16-23(32)17-31-9-10-34-25-6-5-21(12-24(25)26(31)33)28-22-13-27-29(2)15-22/h3-6,11-13,15,23,28,32H,7-10,14,16-17H2,1-2H3/t23-/m1/s1. The SMILES string of the molecule is Cc1ccc2c(c1)CCN(C[C@@H](O)CN1CCOc3ccc(Nc4cnn(C)c4)cc3C1=O)C2. The van der Waals surface area contributed by atoms with E-state index in [4.69, 9.17) is 4.74 Å². The number of hydrogen-bond donors (Lipinski definition) is 2. The maximum Gasteiger partial charge on any atom is 0.257 e. The molecule has 1 atom stereocenters. The molecule has 5 rings (SSSR count). The van der Waals surface area contributed by atoms with Crippen LogP contribution in [0.4, 0.5) is 11.4 Å². The summed E-state index contributed by atoms with van der Waals surface area (Å²) in [5.74, 6) is 0.447. The third-order valence-electron chi connectivity index (χ3n) is 6.46. The second kappa shape index (κ2) is 9.48. The molecule has 0 unspecified atom stereocenters. The molecule has 8 heteroatoms. The van der Waals surface area contributed by atoms with Crippen LogP contribution in [0.1, 0.15) is 27.0 Å². The Morgan fingerprint density at radius 2 is 2.00 bits per heavy atom. The lowest BCUT2D eigenvalue weighted by Gasteiger charge is -2.32. The van der Waals surface area contributed by atoms with Crippen LogP contribution in [0.15, 0.2) is 48.8 Å². The minimum atomic E-state index is -0.630. The van der Waals surface area contributed by atoms with Crippen molar-refractivity contribution in [1.29, 1.82) is 0 Å². The molecule has 3 heterocycles. The molecule has 2 aliphatic rings. The van der Waals surface area contributed by atoms with E-state index in [1.54, 1.807) is 21.8 Å². The molecule has 34 heavy (non-hydrogen) atoms. The number of β-amino-alcohol motifs (C(OH)–C–C–N with tert-alkyl or cyclic N) is 1. The summed E-state index contributed by atoms with van der Waals surface area (Å²) in [4.78, 5) is 17.3. The van der Waals surface area contributed by atoms with E-state index >= 15 is 0 Å². The summed E-state index contributed by atoms with van der Waals surface area (Å²) >= 11 is 0. The van der Waals surface area contributed by atoms with Crippen LogP contribution < -0.4 is 10.1 Å². The van der Waals surface area contributed by atoms with E-state index in [2.05, 4.69) is 40.4 Å². The van der Waals surface area contributed by atoms with E-state index < -0.39 is 6.10 Å². The maximum absolute atomic E-state index is 13.3. The first-order valence-electron chi connectivity index (χ1n) is 11.8. The predicted molar refractivity (Wildman–Crippen MR) is 130 cm³/mol. The number of carbonyl (C=O) groups is 1. The highest BCUT2D eigenvalue weighted by Crippen LogP contribution is 2.28. The number of aliphatic hydroxyl groups excluding tert-OH is 1. The summed E-state index contributed by atoms with van der Waals surface area (Å²) in [7, 11) is 1.85. The number of fused-ring (bicyclic) bond motifs is 2. The molecule has 178 valence electrons. The predicted octanol–water partition coefficient (Wildman–Crippen LogP) is 2.73. The van der Waals surface area contributed by atoms with E-state index in [-0.39, 0.29) is 12.5 Å². The number of hydrogen-bond acceptors (Lipinski definition) is 6. The molecule has 3 aromatic rings. The zero-order valence-corrected chi connectivity index (χ0v) is 19.7. The lowest BCUT2D eigenvalue weighted by molar-refractivity contribution is 0.0501. The fraction of sp³-hybridized carbons (Fsp3) is 0.385. The second-order valence-electron chi connectivity index (χ2n) is 9.25. The van der Waals surface area contributed by atoms with Crippen LogP contribution in [0.3, 0.4) is 0 Å². The maximum atomic E-state index is 13.3. The van der Waals surface area contributed by atoms with Crippen molar-refractivity contribution in [3.8, 4) is 5.75 Å². The van der Waals surface area contributed by atoms with Gasteiger partial charge in [-0.15, -0.1) is 0 Å². The molecule has 0 bridgehead atoms. The van der Waals surface area contributed by atoms with Crippen molar-refractivity contribution in [2.45, 2.75) is 26.0 Å². The van der Waals surface area contributed by atoms with Crippen LogP contribution in [0, 0.1) is 6.92 Å². The van der Waals surface area contributed by atoms with Gasteiger partial charge in [-0.3, -0.25) is 14.4 Å². The summed E-state index contributed by atoms with van der Waals surface area (Å²) in [6, 6.07) is 12.1. The van der Waals surface area contributed by atoms with E-state index in [0.717, 1.165) is 30.9 Å². The van der Waals surface area contributed by atoms with Gasteiger partial charge in [0.2, 0.25) is 0 Å². The number of amides is 1. The van der Waals surface area contributed by atoms with E-state index in [1.807, 2.05) is 25.4 Å². The van der Waals surface area contributed by atoms with Gasteiger partial charge in [-0.1, -0.05) is 23.8 Å². The van der Waals surface area contributed by atoms with Crippen LogP contribution in [0.5, 0.6) is 5.75 Å². The lowest BCUT2D eigenvalue weighted by atomic mass is 9.97. The number of rotatable bonds is 6. The number of aromatic nitrogens is 2. The average Bonchev–Trinajstić information content (AvgIpc) is 3.16. The Kier molecular flexibility index (Phi) is 6.26. The van der Waals surface area contributed by atoms with Gasteiger partial charge in [0.1, 0.15) is 12.4 Å². The number of carbonyl (C=O) groups excluding carboxylic acids is 1. The van der Waals surface area contributed by atoms with Gasteiger partial charge in [0, 0.05) is 45.1 Å². The van der Waals surface area contributed by atoms with Gasteiger partial charge < -0.3 is 20.1 Å². The van der Waals surface area contributed by atoms with Gasteiger partial charge >= 0.3 is 0 Å². The molecular weight excluding hydrogens is 430 g/mol. The number of nitrogens with zero attached hydrogens (tertiary/aromatic N) is 4. The largest absolute Gasteiger partial charge is 0.491 e. The molecule has 0 saturated carbocycles. The highest BCUT2D eigenvalue weighted by atomic mass is 16.5. The van der Waals surface area contributed by atoms with Crippen molar-refractivity contribution >= 4 is 17.3 Å². The van der Waals surface area contributed by atoms with Crippen LogP contribution >= 0.6 is 0 Å². The highest BCUT2D eigenvalue weighted by Gasteiger charge is 2.27. The first-order valence-corrected chi connectivity index (χ1v) is 11.8. The quantitative estimate of drug-likeness (QED) is 0.588. The molecule has 2 aromatic carbocycles. The molecule has 0 aliphatic carbocycles. The summed E-state index contributed by atoms with van der Waals surface area (Å²) in [5.41, 5.74) is 6.14. The molecule has 0 saturated heterocycles. The number of anilines is 2. The smallest absolute Gasteiger partial charge is 0.257 e. The van der Waals surface area contributed by atoms with Crippen LogP contribution in [0.2, 0.25) is 0 Å². The second-order valence-corrected chi connectivity index (χ2v) is 9.25. The first-order chi connectivity index (χ1) is 16.4. The Labute approximate surface area is 199 Å². The zero-order valence-electron chi connectivity index (χ0n) is 19.7. The van der Waals surface area contributed by atoms with Crippen LogP contribution in [-0.4, -0.2) is 69.5 Å². The number of nitrogens with one attached hydrogen (secondary N) is 1. The molecule has 1 amide bonds. The Hall–Kier alpha value is -3.36. The van der Waals surface area contributed by atoms with Crippen LogP contribution in [-0.2, 0) is 20.0 Å². The van der Waals surface area contributed by atoms with E-state index in [9.17, 15) is 9.90 Å². The van der Waals surface area contributed by atoms with Gasteiger partial charge in [-0.2, -0.15) is 5.10 Å². The number of benzene rings is 2. The topological polar surface area (TPSA) is 82.9 Å². The van der Waals surface area contributed by atoms with Gasteiger partial charge in [0.05, 0.1) is 30.1 Å². The lowest BCUT2D eigenvalue weighted by Crippen LogP contribution is -2.44. The van der Waals surface area contributed by atoms with Crippen molar-refractivity contribution < 1.29 is 14.6 Å². The fourth-order valence-electron chi connectivity index (χ4n) is 4.77. The van der Waals surface area contributed by atoms with E-state index in [1.165, 1.54) is 16.7 Å². The Morgan fingerprint density at radius 3 is 2.82 bits per heavy atom. The van der Waals surface area contributed by atoms with Crippen molar-refractivity contribution in [2.24, 2.45) is 7.05 Å². The number of ether oxygens (including phenoxy) is 1. The molecule has 8 nitrogen and oxygen atoms in total.